The van der Waals surface area contributed by atoms with Crippen molar-refractivity contribution in [2.24, 2.45) is 10.9 Å². The maximum atomic E-state index is 12.8. The molecule has 0 aromatic heterocycles. The van der Waals surface area contributed by atoms with Gasteiger partial charge < -0.3 is 10.2 Å². The van der Waals surface area contributed by atoms with Crippen LogP contribution in [0.3, 0.4) is 0 Å². The number of hydrogen-bond acceptors (Lipinski definition) is 2. The zero-order valence-electron chi connectivity index (χ0n) is 13.5. The van der Waals surface area contributed by atoms with Gasteiger partial charge in [-0.15, -0.1) is 0 Å². The van der Waals surface area contributed by atoms with Gasteiger partial charge in [-0.2, -0.15) is 13.2 Å². The van der Waals surface area contributed by atoms with E-state index in [0.717, 1.165) is 31.4 Å². The highest BCUT2D eigenvalue weighted by Gasteiger charge is 2.41. The summed E-state index contributed by atoms with van der Waals surface area (Å²) in [5.41, 5.74) is 0. The van der Waals surface area contributed by atoms with Gasteiger partial charge in [0.05, 0.1) is 0 Å². The quantitative estimate of drug-likeness (QED) is 0.623. The van der Waals surface area contributed by atoms with E-state index < -0.39 is 12.2 Å². The largest absolute Gasteiger partial charge is 0.403 e. The van der Waals surface area contributed by atoms with E-state index in [1.807, 2.05) is 6.92 Å². The molecule has 2 aliphatic rings. The third-order valence-corrected chi connectivity index (χ3v) is 4.47. The van der Waals surface area contributed by atoms with Crippen molar-refractivity contribution in [2.45, 2.75) is 45.3 Å². The van der Waals surface area contributed by atoms with Crippen LogP contribution in [0, 0.1) is 5.92 Å². The lowest BCUT2D eigenvalue weighted by Gasteiger charge is -2.39. The highest BCUT2D eigenvalue weighted by Crippen LogP contribution is 2.32. The normalized spacial score (nSPS) is 22.8. The van der Waals surface area contributed by atoms with Gasteiger partial charge in [0.2, 0.25) is 0 Å². The van der Waals surface area contributed by atoms with Crippen molar-refractivity contribution in [3.05, 3.63) is 0 Å². The molecule has 1 aliphatic carbocycles. The molecule has 2 rings (SSSR count). The molecule has 1 saturated heterocycles. The Morgan fingerprint density at radius 1 is 1.23 bits per heavy atom. The van der Waals surface area contributed by atoms with Crippen LogP contribution in [-0.2, 0) is 0 Å². The second-order valence-electron chi connectivity index (χ2n) is 6.21. The number of aliphatic imine (C=N–C) groups is 1. The smallest absolute Gasteiger partial charge is 0.357 e. The first-order valence-electron chi connectivity index (χ1n) is 8.25. The lowest BCUT2D eigenvalue weighted by Crippen LogP contribution is -2.56. The van der Waals surface area contributed by atoms with Gasteiger partial charge in [0.25, 0.3) is 0 Å². The molecule has 0 radical (unpaired) electrons. The van der Waals surface area contributed by atoms with Crippen LogP contribution in [0.1, 0.15) is 33.1 Å². The van der Waals surface area contributed by atoms with Crippen molar-refractivity contribution < 1.29 is 13.2 Å². The van der Waals surface area contributed by atoms with Crippen LogP contribution in [0.4, 0.5) is 13.2 Å². The third kappa shape index (κ3) is 5.04. The molecule has 1 atom stereocenters. The molecule has 128 valence electrons. The Morgan fingerprint density at radius 2 is 1.86 bits per heavy atom. The SMILES string of the molecule is CCNC(=NCCC1CC1)N1CCN(C(C)C(F)(F)F)CC1. The van der Waals surface area contributed by atoms with Crippen molar-refractivity contribution in [1.29, 1.82) is 0 Å². The first-order valence-corrected chi connectivity index (χ1v) is 8.25. The Kier molecular flexibility index (Phi) is 5.94. The minimum absolute atomic E-state index is 0.424. The Labute approximate surface area is 130 Å². The summed E-state index contributed by atoms with van der Waals surface area (Å²) in [4.78, 5) is 8.21. The minimum atomic E-state index is -4.15. The van der Waals surface area contributed by atoms with Gasteiger partial charge in [0, 0.05) is 39.3 Å². The first-order chi connectivity index (χ1) is 10.4. The molecular weight excluding hydrogens is 293 g/mol. The fourth-order valence-electron chi connectivity index (χ4n) is 2.71. The predicted octanol–water partition coefficient (Wildman–Crippen LogP) is 2.32. The topological polar surface area (TPSA) is 30.9 Å². The summed E-state index contributed by atoms with van der Waals surface area (Å²) in [5.74, 6) is 1.69. The third-order valence-electron chi connectivity index (χ3n) is 4.47. The first kappa shape index (κ1) is 17.4. The fraction of sp³-hybridized carbons (Fsp3) is 0.933. The Balaban J connectivity index is 1.83. The van der Waals surface area contributed by atoms with Crippen LogP contribution in [0.25, 0.3) is 0 Å². The maximum absolute atomic E-state index is 12.8. The highest BCUT2D eigenvalue weighted by molar-refractivity contribution is 5.80. The molecule has 1 unspecified atom stereocenters. The van der Waals surface area contributed by atoms with Crippen LogP contribution in [0.5, 0.6) is 0 Å². The monoisotopic (exact) mass is 320 g/mol. The number of hydrogen-bond donors (Lipinski definition) is 1. The molecule has 0 aromatic carbocycles. The van der Waals surface area contributed by atoms with Crippen LogP contribution in [-0.4, -0.2) is 67.2 Å². The number of rotatable bonds is 5. The molecule has 2 fully saturated rings. The summed E-state index contributed by atoms with van der Waals surface area (Å²) in [6.45, 7) is 6.88. The van der Waals surface area contributed by atoms with Crippen LogP contribution < -0.4 is 5.32 Å². The molecule has 1 saturated carbocycles. The highest BCUT2D eigenvalue weighted by atomic mass is 19.4. The van der Waals surface area contributed by atoms with E-state index in [2.05, 4.69) is 15.2 Å². The molecule has 1 aliphatic heterocycles. The van der Waals surface area contributed by atoms with Gasteiger partial charge in [0.1, 0.15) is 6.04 Å². The van der Waals surface area contributed by atoms with E-state index in [0.29, 0.717) is 26.2 Å². The molecule has 0 bridgehead atoms. The van der Waals surface area contributed by atoms with Crippen molar-refractivity contribution in [1.82, 2.24) is 15.1 Å². The summed E-state index contributed by atoms with van der Waals surface area (Å²) in [7, 11) is 0. The molecule has 0 aromatic rings. The minimum Gasteiger partial charge on any atom is -0.357 e. The molecule has 22 heavy (non-hydrogen) atoms. The lowest BCUT2D eigenvalue weighted by atomic mass is 10.2. The van der Waals surface area contributed by atoms with Gasteiger partial charge in [-0.05, 0) is 26.2 Å². The summed E-state index contributed by atoms with van der Waals surface area (Å²) in [5, 5.41) is 3.26. The van der Waals surface area contributed by atoms with E-state index in [9.17, 15) is 13.2 Å². The predicted molar refractivity (Wildman–Crippen MR) is 82.0 cm³/mol. The van der Waals surface area contributed by atoms with Crippen molar-refractivity contribution >= 4 is 5.96 Å². The molecule has 4 nitrogen and oxygen atoms in total. The summed E-state index contributed by atoms with van der Waals surface area (Å²) < 4.78 is 38.3. The second kappa shape index (κ2) is 7.53. The van der Waals surface area contributed by atoms with Gasteiger partial charge >= 0.3 is 6.18 Å². The zero-order chi connectivity index (χ0) is 16.2. The van der Waals surface area contributed by atoms with Crippen molar-refractivity contribution in [2.75, 3.05) is 39.3 Å². The number of alkyl halides is 3. The standard InChI is InChI=1S/C15H27F3N4/c1-3-19-14(20-7-6-13-4-5-13)22-10-8-21(9-11-22)12(2)15(16,17)18/h12-13H,3-11H2,1-2H3,(H,19,20). The van der Waals surface area contributed by atoms with Crippen LogP contribution >= 0.6 is 0 Å². The number of nitrogens with one attached hydrogen (secondary N) is 1. The van der Waals surface area contributed by atoms with Crippen molar-refractivity contribution in [3.63, 3.8) is 0 Å². The van der Waals surface area contributed by atoms with E-state index in [4.69, 9.17) is 0 Å². The Hall–Kier alpha value is -0.980. The average Bonchev–Trinajstić information content (AvgIpc) is 3.29. The van der Waals surface area contributed by atoms with Gasteiger partial charge in [0.15, 0.2) is 5.96 Å². The molecule has 1 heterocycles. The number of nitrogens with zero attached hydrogens (tertiary/aromatic N) is 3. The molecule has 1 N–H and O–H groups in total. The van der Waals surface area contributed by atoms with E-state index >= 15 is 0 Å². The Morgan fingerprint density at radius 3 is 2.36 bits per heavy atom. The van der Waals surface area contributed by atoms with Gasteiger partial charge in [-0.25, -0.2) is 0 Å². The summed E-state index contributed by atoms with van der Waals surface area (Å²) in [6, 6.07) is -1.37. The fourth-order valence-corrected chi connectivity index (χ4v) is 2.71. The maximum Gasteiger partial charge on any atom is 0.403 e. The number of piperazine rings is 1. The van der Waals surface area contributed by atoms with Crippen molar-refractivity contribution in [3.8, 4) is 0 Å². The Bertz CT molecular complexity index is 371. The number of halogens is 3. The summed E-state index contributed by atoms with van der Waals surface area (Å²) >= 11 is 0. The lowest BCUT2D eigenvalue weighted by molar-refractivity contribution is -0.181. The average molecular weight is 320 g/mol. The zero-order valence-corrected chi connectivity index (χ0v) is 13.5. The van der Waals surface area contributed by atoms with Gasteiger partial charge in [-0.1, -0.05) is 12.8 Å². The van der Waals surface area contributed by atoms with E-state index in [1.165, 1.54) is 24.7 Å². The van der Waals surface area contributed by atoms with Crippen LogP contribution in [0.15, 0.2) is 4.99 Å². The van der Waals surface area contributed by atoms with E-state index in [-0.39, 0.29) is 0 Å². The summed E-state index contributed by atoms with van der Waals surface area (Å²) in [6.07, 6.45) is -0.384. The number of guanidine groups is 1. The van der Waals surface area contributed by atoms with Gasteiger partial charge in [-0.3, -0.25) is 9.89 Å². The second-order valence-corrected chi connectivity index (χ2v) is 6.21. The van der Waals surface area contributed by atoms with E-state index in [1.54, 1.807) is 0 Å². The molecule has 7 heteroatoms. The molecule has 0 amide bonds. The molecule has 0 spiro atoms. The molecular formula is C15H27F3N4. The van der Waals surface area contributed by atoms with Crippen LogP contribution in [0.2, 0.25) is 0 Å².